The Labute approximate surface area is 248 Å². The van der Waals surface area contributed by atoms with E-state index in [1.165, 1.54) is 11.3 Å². The molecule has 1 aromatic carbocycles. The van der Waals surface area contributed by atoms with Gasteiger partial charge in [-0.3, -0.25) is 19.2 Å². The van der Waals surface area contributed by atoms with Gasteiger partial charge < -0.3 is 20.9 Å². The van der Waals surface area contributed by atoms with Gasteiger partial charge in [0.05, 0.1) is 30.0 Å². The molecule has 3 aromatic rings. The summed E-state index contributed by atoms with van der Waals surface area (Å²) in [6.07, 6.45) is 3.11. The van der Waals surface area contributed by atoms with Crippen LogP contribution in [0.4, 0.5) is 0 Å². The number of amides is 4. The number of aromatic nitrogens is 4. The standard InChI is InChI=1S/C29H36N8O4S/c1-17(2)26-29(41)32-22(11-19-7-5-4-6-8-19)27(39)30-13-20-14-37(35-34-20)21-12-23(28(40)33-26)36(15-21)25(38)10-9-24-18(3)31-16-42-24/h4-8,14,16-17,21-23,26H,9-13,15H2,1-3H3,(H,30,39)(H,32,41)(H,33,40)/t21-,22+,23-,26-/m0/s1. The van der Waals surface area contributed by atoms with E-state index in [1.54, 1.807) is 21.3 Å². The van der Waals surface area contributed by atoms with Crippen LogP contribution in [0.2, 0.25) is 0 Å². The fourth-order valence-corrected chi connectivity index (χ4v) is 6.22. The summed E-state index contributed by atoms with van der Waals surface area (Å²) in [7, 11) is 0. The first-order valence-electron chi connectivity index (χ1n) is 14.2. The Bertz CT molecular complexity index is 1440. The van der Waals surface area contributed by atoms with Crippen LogP contribution < -0.4 is 16.0 Å². The number of carbonyl (C=O) groups excluding carboxylic acids is 4. The predicted molar refractivity (Wildman–Crippen MR) is 155 cm³/mol. The number of hydrogen-bond donors (Lipinski definition) is 3. The summed E-state index contributed by atoms with van der Waals surface area (Å²) < 4.78 is 1.66. The summed E-state index contributed by atoms with van der Waals surface area (Å²) in [5, 5.41) is 17.1. The highest BCUT2D eigenvalue weighted by Gasteiger charge is 2.42. The number of benzene rings is 1. The quantitative estimate of drug-likeness (QED) is 0.391. The van der Waals surface area contributed by atoms with Crippen molar-refractivity contribution in [3.63, 3.8) is 0 Å². The number of likely N-dealkylation sites (tertiary alicyclic amines) is 1. The molecule has 42 heavy (non-hydrogen) atoms. The molecule has 2 aliphatic heterocycles. The van der Waals surface area contributed by atoms with Gasteiger partial charge in [-0.25, -0.2) is 9.67 Å². The molecule has 1 fully saturated rings. The highest BCUT2D eigenvalue weighted by atomic mass is 32.1. The third-order valence-corrected chi connectivity index (χ3v) is 8.85. The fourth-order valence-electron chi connectivity index (χ4n) is 5.44. The molecule has 2 aromatic heterocycles. The van der Waals surface area contributed by atoms with E-state index < -0.39 is 29.9 Å². The molecule has 4 heterocycles. The Hall–Kier alpha value is -4.13. The van der Waals surface area contributed by atoms with Crippen LogP contribution in [-0.2, 0) is 38.6 Å². The maximum atomic E-state index is 13.8. The average molecular weight is 593 g/mol. The van der Waals surface area contributed by atoms with Crippen molar-refractivity contribution in [1.29, 1.82) is 0 Å². The second-order valence-electron chi connectivity index (χ2n) is 11.2. The van der Waals surface area contributed by atoms with Gasteiger partial charge in [0, 0.05) is 30.7 Å². The van der Waals surface area contributed by atoms with E-state index in [9.17, 15) is 19.2 Å². The first-order chi connectivity index (χ1) is 20.2. The van der Waals surface area contributed by atoms with Crippen LogP contribution in [0.3, 0.4) is 0 Å². The molecule has 5 rings (SSSR count). The Morgan fingerprint density at radius 3 is 2.60 bits per heavy atom. The van der Waals surface area contributed by atoms with Gasteiger partial charge in [-0.1, -0.05) is 49.4 Å². The van der Waals surface area contributed by atoms with Crippen LogP contribution in [0.1, 0.15) is 54.6 Å². The van der Waals surface area contributed by atoms with E-state index in [2.05, 4.69) is 31.2 Å². The molecule has 4 amide bonds. The third kappa shape index (κ3) is 6.67. The second kappa shape index (κ2) is 12.8. The van der Waals surface area contributed by atoms with Crippen LogP contribution in [0.25, 0.3) is 0 Å². The number of rotatable bonds is 6. The number of nitrogens with one attached hydrogen (secondary N) is 3. The zero-order valence-electron chi connectivity index (χ0n) is 23.9. The normalized spacial score (nSPS) is 23.1. The largest absolute Gasteiger partial charge is 0.349 e. The number of thiazole rings is 1. The summed E-state index contributed by atoms with van der Waals surface area (Å²) in [6, 6.07) is 6.57. The van der Waals surface area contributed by atoms with Gasteiger partial charge in [0.1, 0.15) is 23.8 Å². The molecule has 0 saturated carbocycles. The lowest BCUT2D eigenvalue weighted by Crippen LogP contribution is -2.58. The molecular formula is C29H36N8O4S. The molecule has 12 nitrogen and oxygen atoms in total. The van der Waals surface area contributed by atoms with Crippen LogP contribution in [0.15, 0.2) is 42.0 Å². The lowest BCUT2D eigenvalue weighted by Gasteiger charge is -2.29. The number of hydrogen-bond acceptors (Lipinski definition) is 8. The van der Waals surface area contributed by atoms with Crippen molar-refractivity contribution in [3.8, 4) is 0 Å². The topological polar surface area (TPSA) is 151 Å². The average Bonchev–Trinajstić information content (AvgIpc) is 3.72. The number of aryl methyl sites for hydroxylation is 2. The Kier molecular flexibility index (Phi) is 8.95. The van der Waals surface area contributed by atoms with E-state index in [4.69, 9.17) is 0 Å². The number of nitrogens with zero attached hydrogens (tertiary/aromatic N) is 5. The van der Waals surface area contributed by atoms with Crippen molar-refractivity contribution in [2.75, 3.05) is 6.54 Å². The van der Waals surface area contributed by atoms with Gasteiger partial charge >= 0.3 is 0 Å². The van der Waals surface area contributed by atoms with Gasteiger partial charge in [0.25, 0.3) is 0 Å². The van der Waals surface area contributed by atoms with Crippen LogP contribution >= 0.6 is 11.3 Å². The molecule has 1 saturated heterocycles. The van der Waals surface area contributed by atoms with Gasteiger partial charge in [0.2, 0.25) is 23.6 Å². The van der Waals surface area contributed by atoms with Crippen LogP contribution in [0.5, 0.6) is 0 Å². The molecule has 0 unspecified atom stereocenters. The van der Waals surface area contributed by atoms with Crippen LogP contribution in [0, 0.1) is 12.8 Å². The fraction of sp³-hybridized carbons (Fsp3) is 0.483. The summed E-state index contributed by atoms with van der Waals surface area (Å²) >= 11 is 1.51. The van der Waals surface area contributed by atoms with Crippen molar-refractivity contribution in [3.05, 3.63) is 63.9 Å². The van der Waals surface area contributed by atoms with Gasteiger partial charge in [0.15, 0.2) is 0 Å². The minimum atomic E-state index is -0.901. The summed E-state index contributed by atoms with van der Waals surface area (Å²) in [5.74, 6) is -1.64. The maximum absolute atomic E-state index is 13.8. The monoisotopic (exact) mass is 592 g/mol. The molecule has 4 atom stereocenters. The molecular weight excluding hydrogens is 556 g/mol. The predicted octanol–water partition coefficient (Wildman–Crippen LogP) is 1.32. The molecule has 222 valence electrons. The van der Waals surface area contributed by atoms with E-state index in [-0.39, 0.29) is 49.7 Å². The van der Waals surface area contributed by atoms with Gasteiger partial charge in [-0.15, -0.1) is 16.4 Å². The Morgan fingerprint density at radius 1 is 1.10 bits per heavy atom. The molecule has 4 bridgehead atoms. The molecule has 3 N–H and O–H groups in total. The van der Waals surface area contributed by atoms with E-state index in [0.717, 1.165) is 16.1 Å². The molecule has 2 aliphatic rings. The first-order valence-corrected chi connectivity index (χ1v) is 15.1. The van der Waals surface area contributed by atoms with E-state index >= 15 is 0 Å². The molecule has 0 aliphatic carbocycles. The number of fused-ring (bicyclic) bond motifs is 5. The minimum absolute atomic E-state index is 0.123. The van der Waals surface area contributed by atoms with Gasteiger partial charge in [-0.2, -0.15) is 0 Å². The maximum Gasteiger partial charge on any atom is 0.243 e. The summed E-state index contributed by atoms with van der Waals surface area (Å²) in [5.41, 5.74) is 4.08. The van der Waals surface area contributed by atoms with Crippen molar-refractivity contribution in [1.82, 2.24) is 40.8 Å². The van der Waals surface area contributed by atoms with E-state index in [0.29, 0.717) is 18.5 Å². The first kappa shape index (κ1) is 29.4. The highest BCUT2D eigenvalue weighted by molar-refractivity contribution is 7.09. The lowest BCUT2D eigenvalue weighted by atomic mass is 10.00. The SMILES string of the molecule is Cc1ncsc1CCC(=O)N1C[C@@H]2C[C@H]1C(=O)N[C@@H](C(C)C)C(=O)N[C@H](Cc1ccccc1)C(=O)NCc1cn2nn1. The van der Waals surface area contributed by atoms with Crippen molar-refractivity contribution in [2.24, 2.45) is 5.92 Å². The number of carbonyl (C=O) groups is 4. The zero-order chi connectivity index (χ0) is 29.8. The molecule has 13 heteroatoms. The third-order valence-electron chi connectivity index (χ3n) is 7.85. The Morgan fingerprint density at radius 2 is 1.88 bits per heavy atom. The minimum Gasteiger partial charge on any atom is -0.349 e. The van der Waals surface area contributed by atoms with Crippen molar-refractivity contribution < 1.29 is 19.2 Å². The zero-order valence-corrected chi connectivity index (χ0v) is 24.8. The smallest absolute Gasteiger partial charge is 0.243 e. The van der Waals surface area contributed by atoms with Gasteiger partial charge in [-0.05, 0) is 24.8 Å². The molecule has 0 spiro atoms. The van der Waals surface area contributed by atoms with Crippen molar-refractivity contribution in [2.45, 2.75) is 77.2 Å². The Balaban J connectivity index is 1.41. The summed E-state index contributed by atoms with van der Waals surface area (Å²) in [4.78, 5) is 60.9. The van der Waals surface area contributed by atoms with E-state index in [1.807, 2.05) is 51.1 Å². The highest BCUT2D eigenvalue weighted by Crippen LogP contribution is 2.29. The van der Waals surface area contributed by atoms with Crippen molar-refractivity contribution >= 4 is 35.0 Å². The second-order valence-corrected chi connectivity index (χ2v) is 12.1. The molecule has 0 radical (unpaired) electrons. The summed E-state index contributed by atoms with van der Waals surface area (Å²) in [6.45, 7) is 5.99. The lowest BCUT2D eigenvalue weighted by molar-refractivity contribution is -0.140. The van der Waals surface area contributed by atoms with Crippen LogP contribution in [-0.4, -0.2) is 73.2 Å².